The zero-order valence-electron chi connectivity index (χ0n) is 5.62. The molecular formula is C6H11N3S. The number of aromatic nitrogens is 2. The van der Waals surface area contributed by atoms with Crippen LogP contribution < -0.4 is 5.73 Å². The number of nitrogens with one attached hydrogen (secondary N) is 1. The molecule has 0 amide bonds. The van der Waals surface area contributed by atoms with Gasteiger partial charge in [-0.1, -0.05) is 0 Å². The first-order chi connectivity index (χ1) is 4.84. The fourth-order valence-corrected chi connectivity index (χ4v) is 1.04. The Morgan fingerprint density at radius 1 is 1.80 bits per heavy atom. The van der Waals surface area contributed by atoms with Gasteiger partial charge in [0.1, 0.15) is 5.82 Å². The predicted molar refractivity (Wildman–Crippen MR) is 44.0 cm³/mol. The summed E-state index contributed by atoms with van der Waals surface area (Å²) in [6.07, 6.45) is 4.36. The van der Waals surface area contributed by atoms with Crippen LogP contribution in [0.5, 0.6) is 0 Å². The van der Waals surface area contributed by atoms with Crippen molar-refractivity contribution in [1.82, 2.24) is 9.97 Å². The Bertz CT molecular complexity index is 173. The third kappa shape index (κ3) is 1.75. The highest BCUT2D eigenvalue weighted by atomic mass is 32.1. The summed E-state index contributed by atoms with van der Waals surface area (Å²) in [6.45, 7) is 0.648. The maximum atomic E-state index is 5.34. The van der Waals surface area contributed by atoms with Crippen LogP contribution in [-0.2, 0) is 0 Å². The largest absolute Gasteiger partial charge is 0.348 e. The van der Waals surface area contributed by atoms with Crippen molar-refractivity contribution in [2.45, 2.75) is 11.7 Å². The van der Waals surface area contributed by atoms with Crippen LogP contribution in [0.3, 0.4) is 0 Å². The average molecular weight is 157 g/mol. The zero-order valence-corrected chi connectivity index (χ0v) is 6.51. The van der Waals surface area contributed by atoms with E-state index in [4.69, 9.17) is 5.73 Å². The molecule has 0 saturated heterocycles. The van der Waals surface area contributed by atoms with E-state index < -0.39 is 0 Å². The first kappa shape index (κ1) is 7.63. The van der Waals surface area contributed by atoms with Crippen molar-refractivity contribution in [3.05, 3.63) is 18.2 Å². The lowest BCUT2D eigenvalue weighted by atomic mass is 10.3. The monoisotopic (exact) mass is 157 g/mol. The molecule has 3 N–H and O–H groups in total. The van der Waals surface area contributed by atoms with Crippen LogP contribution in [0.4, 0.5) is 0 Å². The molecule has 1 rings (SSSR count). The SMILES string of the molecule is NCCC(S)c1ncc[nH]1. The van der Waals surface area contributed by atoms with E-state index in [9.17, 15) is 0 Å². The number of hydrogen-bond donors (Lipinski definition) is 3. The van der Waals surface area contributed by atoms with E-state index in [1.165, 1.54) is 0 Å². The lowest BCUT2D eigenvalue weighted by Crippen LogP contribution is -2.03. The molecule has 0 radical (unpaired) electrons. The molecule has 0 aromatic carbocycles. The number of aromatic amines is 1. The highest BCUT2D eigenvalue weighted by Gasteiger charge is 2.05. The van der Waals surface area contributed by atoms with Crippen molar-refractivity contribution >= 4 is 12.6 Å². The van der Waals surface area contributed by atoms with Gasteiger partial charge in [-0.25, -0.2) is 4.98 Å². The van der Waals surface area contributed by atoms with Crippen molar-refractivity contribution in [3.8, 4) is 0 Å². The Balaban J connectivity index is 2.50. The number of nitrogens with zero attached hydrogens (tertiary/aromatic N) is 1. The average Bonchev–Trinajstić information content (AvgIpc) is 2.38. The second kappa shape index (κ2) is 3.63. The highest BCUT2D eigenvalue weighted by molar-refractivity contribution is 7.80. The van der Waals surface area contributed by atoms with Gasteiger partial charge < -0.3 is 10.7 Å². The third-order valence-electron chi connectivity index (χ3n) is 1.28. The second-order valence-electron chi connectivity index (χ2n) is 2.07. The van der Waals surface area contributed by atoms with Crippen molar-refractivity contribution < 1.29 is 0 Å². The normalized spacial score (nSPS) is 13.4. The van der Waals surface area contributed by atoms with Crippen LogP contribution >= 0.6 is 12.6 Å². The number of thiol groups is 1. The molecule has 0 aliphatic rings. The van der Waals surface area contributed by atoms with E-state index in [-0.39, 0.29) is 5.25 Å². The Morgan fingerprint density at radius 3 is 3.10 bits per heavy atom. The fraction of sp³-hybridized carbons (Fsp3) is 0.500. The van der Waals surface area contributed by atoms with Crippen molar-refractivity contribution in [3.63, 3.8) is 0 Å². The zero-order chi connectivity index (χ0) is 7.40. The number of hydrogen-bond acceptors (Lipinski definition) is 3. The summed E-state index contributed by atoms with van der Waals surface area (Å²) in [4.78, 5) is 7.03. The molecule has 1 unspecified atom stereocenters. The molecular weight excluding hydrogens is 146 g/mol. The molecule has 0 aliphatic heterocycles. The molecule has 1 heterocycles. The summed E-state index contributed by atoms with van der Waals surface area (Å²) in [6, 6.07) is 0. The first-order valence-corrected chi connectivity index (χ1v) is 3.73. The van der Waals surface area contributed by atoms with E-state index in [0.29, 0.717) is 6.54 Å². The van der Waals surface area contributed by atoms with Gasteiger partial charge in [0.25, 0.3) is 0 Å². The topological polar surface area (TPSA) is 54.7 Å². The molecule has 0 fully saturated rings. The molecule has 0 saturated carbocycles. The lowest BCUT2D eigenvalue weighted by molar-refractivity contribution is 0.780. The van der Waals surface area contributed by atoms with Gasteiger partial charge in [0.15, 0.2) is 0 Å². The van der Waals surface area contributed by atoms with Gasteiger partial charge in [0.2, 0.25) is 0 Å². The molecule has 56 valence electrons. The van der Waals surface area contributed by atoms with E-state index in [1.54, 1.807) is 12.4 Å². The summed E-state index contributed by atoms with van der Waals surface area (Å²) < 4.78 is 0. The highest BCUT2D eigenvalue weighted by Crippen LogP contribution is 2.17. The Kier molecular flexibility index (Phi) is 2.77. The minimum atomic E-state index is 0.153. The molecule has 0 spiro atoms. The van der Waals surface area contributed by atoms with E-state index in [2.05, 4.69) is 22.6 Å². The van der Waals surface area contributed by atoms with Crippen LogP contribution in [0.1, 0.15) is 17.5 Å². The molecule has 1 aromatic heterocycles. The standard InChI is InChI=1S/C6H11N3S/c7-2-1-5(10)6-8-3-4-9-6/h3-5,10H,1-2,7H2,(H,8,9). The number of rotatable bonds is 3. The summed E-state index contributed by atoms with van der Waals surface area (Å²) in [7, 11) is 0. The van der Waals surface area contributed by atoms with Gasteiger partial charge >= 0.3 is 0 Å². The minimum Gasteiger partial charge on any atom is -0.348 e. The lowest BCUT2D eigenvalue weighted by Gasteiger charge is -2.03. The quantitative estimate of drug-likeness (QED) is 0.566. The van der Waals surface area contributed by atoms with Crippen LogP contribution in [0, 0.1) is 0 Å². The van der Waals surface area contributed by atoms with Crippen molar-refractivity contribution in [1.29, 1.82) is 0 Å². The second-order valence-corrected chi connectivity index (χ2v) is 2.69. The van der Waals surface area contributed by atoms with E-state index in [0.717, 1.165) is 12.2 Å². The maximum Gasteiger partial charge on any atom is 0.118 e. The molecule has 3 nitrogen and oxygen atoms in total. The fourth-order valence-electron chi connectivity index (χ4n) is 0.754. The summed E-state index contributed by atoms with van der Waals surface area (Å²) in [5.74, 6) is 0.897. The van der Waals surface area contributed by atoms with Gasteiger partial charge in [0, 0.05) is 12.4 Å². The summed E-state index contributed by atoms with van der Waals surface area (Å²) in [5.41, 5.74) is 5.34. The summed E-state index contributed by atoms with van der Waals surface area (Å²) >= 11 is 4.29. The Morgan fingerprint density at radius 2 is 2.60 bits per heavy atom. The van der Waals surface area contributed by atoms with Crippen LogP contribution in [0.15, 0.2) is 12.4 Å². The Labute approximate surface area is 65.4 Å². The molecule has 1 atom stereocenters. The smallest absolute Gasteiger partial charge is 0.118 e. The van der Waals surface area contributed by atoms with Gasteiger partial charge in [-0.15, -0.1) is 0 Å². The first-order valence-electron chi connectivity index (χ1n) is 3.22. The molecule has 1 aromatic rings. The van der Waals surface area contributed by atoms with Crippen LogP contribution in [0.2, 0.25) is 0 Å². The summed E-state index contributed by atoms with van der Waals surface area (Å²) in [5, 5.41) is 0.153. The molecule has 0 bridgehead atoms. The maximum absolute atomic E-state index is 5.34. The number of H-pyrrole nitrogens is 1. The number of nitrogens with two attached hydrogens (primary N) is 1. The van der Waals surface area contributed by atoms with Gasteiger partial charge in [-0.2, -0.15) is 12.6 Å². The van der Waals surface area contributed by atoms with Crippen molar-refractivity contribution in [2.75, 3.05) is 6.54 Å². The van der Waals surface area contributed by atoms with Crippen molar-refractivity contribution in [2.24, 2.45) is 5.73 Å². The third-order valence-corrected chi connectivity index (χ3v) is 1.78. The number of imidazole rings is 1. The predicted octanol–water partition coefficient (Wildman–Crippen LogP) is 0.729. The van der Waals surface area contributed by atoms with Crippen LogP contribution in [-0.4, -0.2) is 16.5 Å². The van der Waals surface area contributed by atoms with Gasteiger partial charge in [-0.05, 0) is 13.0 Å². The van der Waals surface area contributed by atoms with E-state index >= 15 is 0 Å². The van der Waals surface area contributed by atoms with Gasteiger partial charge in [-0.3, -0.25) is 0 Å². The van der Waals surface area contributed by atoms with Gasteiger partial charge in [0.05, 0.1) is 5.25 Å². The Hall–Kier alpha value is -0.480. The molecule has 0 aliphatic carbocycles. The molecule has 10 heavy (non-hydrogen) atoms. The van der Waals surface area contributed by atoms with Crippen LogP contribution in [0.25, 0.3) is 0 Å². The van der Waals surface area contributed by atoms with E-state index in [1.807, 2.05) is 0 Å². The molecule has 4 heteroatoms. The minimum absolute atomic E-state index is 0.153.